The number of amides is 1. The smallest absolute Gasteiger partial charge is 0.322 e. The lowest BCUT2D eigenvalue weighted by molar-refractivity contribution is -0.137. The molecule has 0 radical (unpaired) electrons. The van der Waals surface area contributed by atoms with Crippen molar-refractivity contribution < 1.29 is 18.0 Å². The molecule has 0 atom stereocenters. The SMILES string of the molecule is CC(C)=CC(=O)Nc1cc(Cl)cc(C(F)(F)F)c1. The molecule has 0 saturated carbocycles. The molecule has 0 heterocycles. The highest BCUT2D eigenvalue weighted by molar-refractivity contribution is 6.31. The Bertz CT molecular complexity index is 491. The van der Waals surface area contributed by atoms with E-state index < -0.39 is 17.6 Å². The summed E-state index contributed by atoms with van der Waals surface area (Å²) < 4.78 is 37.5. The molecule has 1 amide bonds. The van der Waals surface area contributed by atoms with Crippen molar-refractivity contribution in [1.29, 1.82) is 0 Å². The third-order valence-corrected chi connectivity index (χ3v) is 2.13. The molecule has 0 fully saturated rings. The van der Waals surface area contributed by atoms with Gasteiger partial charge in [0.1, 0.15) is 0 Å². The summed E-state index contributed by atoms with van der Waals surface area (Å²) in [4.78, 5) is 11.4. The summed E-state index contributed by atoms with van der Waals surface area (Å²) in [6.45, 7) is 3.41. The number of nitrogens with one attached hydrogen (secondary N) is 1. The summed E-state index contributed by atoms with van der Waals surface area (Å²) in [5.74, 6) is -0.495. The molecule has 0 saturated heterocycles. The van der Waals surface area contributed by atoms with Gasteiger partial charge in [-0.15, -0.1) is 0 Å². The van der Waals surface area contributed by atoms with Crippen molar-refractivity contribution in [1.82, 2.24) is 0 Å². The van der Waals surface area contributed by atoms with Crippen LogP contribution in [0.4, 0.5) is 18.9 Å². The first kappa shape index (κ1) is 14.6. The molecule has 0 aromatic heterocycles. The number of halogens is 4. The number of hydrogen-bond acceptors (Lipinski definition) is 1. The molecule has 1 rings (SSSR count). The molecule has 0 bridgehead atoms. The van der Waals surface area contributed by atoms with Crippen LogP contribution in [0, 0.1) is 0 Å². The van der Waals surface area contributed by atoms with Gasteiger partial charge in [-0.05, 0) is 32.0 Å². The Morgan fingerprint density at radius 1 is 1.28 bits per heavy atom. The van der Waals surface area contributed by atoms with Gasteiger partial charge < -0.3 is 5.32 Å². The Hall–Kier alpha value is -1.49. The van der Waals surface area contributed by atoms with Crippen LogP contribution in [0.1, 0.15) is 19.4 Å². The van der Waals surface area contributed by atoms with E-state index in [0.29, 0.717) is 0 Å². The fourth-order valence-electron chi connectivity index (χ4n) is 1.27. The van der Waals surface area contributed by atoms with Gasteiger partial charge in [-0.1, -0.05) is 17.2 Å². The number of alkyl halides is 3. The second-order valence-corrected chi connectivity index (χ2v) is 4.37. The standard InChI is InChI=1S/C12H11ClF3NO/c1-7(2)3-11(18)17-10-5-8(12(14,15)16)4-9(13)6-10/h3-6H,1-2H3,(H,17,18). The lowest BCUT2D eigenvalue weighted by atomic mass is 10.2. The van der Waals surface area contributed by atoms with Gasteiger partial charge in [0.2, 0.25) is 5.91 Å². The van der Waals surface area contributed by atoms with Gasteiger partial charge in [-0.25, -0.2) is 0 Å². The minimum absolute atomic E-state index is 0.0114. The van der Waals surface area contributed by atoms with Crippen molar-refractivity contribution in [2.24, 2.45) is 0 Å². The normalized spacial score (nSPS) is 11.0. The number of benzene rings is 1. The molecule has 0 aliphatic rings. The van der Waals surface area contributed by atoms with Crippen molar-refractivity contribution in [2.45, 2.75) is 20.0 Å². The molecule has 1 N–H and O–H groups in total. The first-order valence-corrected chi connectivity index (χ1v) is 5.40. The van der Waals surface area contributed by atoms with Crippen molar-refractivity contribution in [3.05, 3.63) is 40.4 Å². The van der Waals surface area contributed by atoms with Crippen LogP contribution in [0.3, 0.4) is 0 Å². The number of rotatable bonds is 2. The average molecular weight is 278 g/mol. The second-order valence-electron chi connectivity index (χ2n) is 3.94. The highest BCUT2D eigenvalue weighted by Gasteiger charge is 2.31. The summed E-state index contributed by atoms with van der Waals surface area (Å²) in [6, 6.07) is 2.90. The van der Waals surface area contributed by atoms with Crippen LogP contribution >= 0.6 is 11.6 Å². The predicted octanol–water partition coefficient (Wildman–Crippen LogP) is 4.26. The molecule has 98 valence electrons. The van der Waals surface area contributed by atoms with Gasteiger partial charge in [0.15, 0.2) is 0 Å². The molecular weight excluding hydrogens is 267 g/mol. The second kappa shape index (κ2) is 5.44. The quantitative estimate of drug-likeness (QED) is 0.804. The van der Waals surface area contributed by atoms with Gasteiger partial charge in [0, 0.05) is 16.8 Å². The van der Waals surface area contributed by atoms with Gasteiger partial charge in [-0.3, -0.25) is 4.79 Å². The zero-order chi connectivity index (χ0) is 13.9. The molecule has 18 heavy (non-hydrogen) atoms. The van der Waals surface area contributed by atoms with Crippen molar-refractivity contribution in [3.63, 3.8) is 0 Å². The minimum Gasteiger partial charge on any atom is -0.322 e. The van der Waals surface area contributed by atoms with Crippen LogP contribution in [0.25, 0.3) is 0 Å². The molecule has 1 aromatic carbocycles. The molecule has 0 aliphatic carbocycles. The number of hydrogen-bond donors (Lipinski definition) is 1. The Morgan fingerprint density at radius 3 is 2.39 bits per heavy atom. The Labute approximate surface area is 107 Å². The van der Waals surface area contributed by atoms with E-state index in [1.165, 1.54) is 12.1 Å². The number of anilines is 1. The fourth-order valence-corrected chi connectivity index (χ4v) is 1.50. The number of allylic oxidation sites excluding steroid dienone is 1. The molecule has 2 nitrogen and oxygen atoms in total. The summed E-state index contributed by atoms with van der Waals surface area (Å²) >= 11 is 5.58. The van der Waals surface area contributed by atoms with E-state index in [1.54, 1.807) is 13.8 Å². The third-order valence-electron chi connectivity index (χ3n) is 1.91. The zero-order valence-corrected chi connectivity index (χ0v) is 10.5. The number of carbonyl (C=O) groups excluding carboxylic acids is 1. The third kappa shape index (κ3) is 4.41. The maximum absolute atomic E-state index is 12.5. The minimum atomic E-state index is -4.50. The Balaban J connectivity index is 3.01. The molecule has 0 spiro atoms. The highest BCUT2D eigenvalue weighted by Crippen LogP contribution is 2.33. The highest BCUT2D eigenvalue weighted by atomic mass is 35.5. The average Bonchev–Trinajstić information content (AvgIpc) is 2.13. The van der Waals surface area contributed by atoms with Crippen LogP contribution in [0.5, 0.6) is 0 Å². The summed E-state index contributed by atoms with van der Waals surface area (Å²) in [5, 5.41) is 2.24. The molecule has 0 aliphatic heterocycles. The van der Waals surface area contributed by atoms with Crippen molar-refractivity contribution in [3.8, 4) is 0 Å². The largest absolute Gasteiger partial charge is 0.416 e. The van der Waals surface area contributed by atoms with Crippen LogP contribution in [0.15, 0.2) is 29.8 Å². The topological polar surface area (TPSA) is 29.1 Å². The van der Waals surface area contributed by atoms with E-state index in [0.717, 1.165) is 17.7 Å². The molecule has 6 heteroatoms. The van der Waals surface area contributed by atoms with E-state index >= 15 is 0 Å². The monoisotopic (exact) mass is 277 g/mol. The van der Waals surface area contributed by atoms with E-state index in [-0.39, 0.29) is 10.7 Å². The van der Waals surface area contributed by atoms with Gasteiger partial charge in [-0.2, -0.15) is 13.2 Å². The lowest BCUT2D eigenvalue weighted by Crippen LogP contribution is -2.11. The maximum atomic E-state index is 12.5. The van der Waals surface area contributed by atoms with E-state index in [2.05, 4.69) is 5.32 Å². The summed E-state index contributed by atoms with van der Waals surface area (Å²) in [6.07, 6.45) is -3.21. The maximum Gasteiger partial charge on any atom is 0.416 e. The van der Waals surface area contributed by atoms with Gasteiger partial charge in [0.05, 0.1) is 5.56 Å². The molecule has 1 aromatic rings. The van der Waals surface area contributed by atoms with E-state index in [9.17, 15) is 18.0 Å². The van der Waals surface area contributed by atoms with Crippen LogP contribution in [-0.4, -0.2) is 5.91 Å². The van der Waals surface area contributed by atoms with E-state index in [4.69, 9.17) is 11.6 Å². The van der Waals surface area contributed by atoms with Crippen LogP contribution in [-0.2, 0) is 11.0 Å². The fraction of sp³-hybridized carbons (Fsp3) is 0.250. The first-order chi connectivity index (χ1) is 8.18. The molecule has 0 unspecified atom stereocenters. The Morgan fingerprint density at radius 2 is 1.89 bits per heavy atom. The van der Waals surface area contributed by atoms with Crippen molar-refractivity contribution in [2.75, 3.05) is 5.32 Å². The van der Waals surface area contributed by atoms with E-state index in [1.807, 2.05) is 0 Å². The lowest BCUT2D eigenvalue weighted by Gasteiger charge is -2.10. The van der Waals surface area contributed by atoms with Crippen LogP contribution < -0.4 is 5.32 Å². The van der Waals surface area contributed by atoms with Crippen LogP contribution in [0.2, 0.25) is 5.02 Å². The number of carbonyl (C=O) groups is 1. The predicted molar refractivity (Wildman–Crippen MR) is 64.5 cm³/mol. The molecular formula is C12H11ClF3NO. The summed E-state index contributed by atoms with van der Waals surface area (Å²) in [5.41, 5.74) is -0.148. The zero-order valence-electron chi connectivity index (χ0n) is 9.73. The van der Waals surface area contributed by atoms with Gasteiger partial charge >= 0.3 is 6.18 Å². The first-order valence-electron chi connectivity index (χ1n) is 5.02. The van der Waals surface area contributed by atoms with Crippen molar-refractivity contribution >= 4 is 23.2 Å². The Kier molecular flexibility index (Phi) is 4.40. The van der Waals surface area contributed by atoms with Gasteiger partial charge in [0.25, 0.3) is 0 Å². The summed E-state index contributed by atoms with van der Waals surface area (Å²) in [7, 11) is 0.